The monoisotopic (exact) mass is 711 g/mol. The molecule has 0 nitrogen and oxygen atoms in total. The minimum atomic E-state index is 0.925. The average Bonchev–Trinajstić information content (AvgIpc) is 3.24. The molecule has 0 heteroatoms. The van der Waals surface area contributed by atoms with Crippen LogP contribution in [0.1, 0.15) is 231 Å². The van der Waals surface area contributed by atoms with Crippen LogP contribution in [-0.4, -0.2) is 0 Å². The van der Waals surface area contributed by atoms with Crippen LogP contribution in [-0.2, 0) is 0 Å². The van der Waals surface area contributed by atoms with Gasteiger partial charge in [-0.05, 0) is 225 Å². The van der Waals surface area contributed by atoms with Crippen molar-refractivity contribution in [2.24, 2.45) is 71.0 Å². The molecule has 0 N–H and O–H groups in total. The van der Waals surface area contributed by atoms with Crippen molar-refractivity contribution in [3.63, 3.8) is 0 Å². The largest absolute Gasteiger partial charge is 0.0817 e. The molecule has 0 heterocycles. The van der Waals surface area contributed by atoms with Gasteiger partial charge in [0.1, 0.15) is 0 Å². The highest BCUT2D eigenvalue weighted by molar-refractivity contribution is 5.16. The minimum absolute atomic E-state index is 0.925. The van der Waals surface area contributed by atoms with E-state index in [1.165, 1.54) is 154 Å². The van der Waals surface area contributed by atoms with Gasteiger partial charge in [-0.2, -0.15) is 0 Å². The fourth-order valence-electron chi connectivity index (χ4n) is 15.2. The van der Waals surface area contributed by atoms with Crippen LogP contribution in [0.5, 0.6) is 0 Å². The Balaban J connectivity index is 0.753. The second-order valence-corrected chi connectivity index (χ2v) is 21.4. The molecule has 0 unspecified atom stereocenters. The number of rotatable bonds is 9. The summed E-state index contributed by atoms with van der Waals surface area (Å²) >= 11 is 0. The average molecular weight is 711 g/mol. The van der Waals surface area contributed by atoms with Gasteiger partial charge in [-0.25, -0.2) is 0 Å². The van der Waals surface area contributed by atoms with Crippen molar-refractivity contribution in [1.29, 1.82) is 0 Å². The molecule has 294 valence electrons. The van der Waals surface area contributed by atoms with Gasteiger partial charge in [0, 0.05) is 0 Å². The van der Waals surface area contributed by atoms with Crippen LogP contribution >= 0.6 is 0 Å². The van der Waals surface area contributed by atoms with Gasteiger partial charge in [0.05, 0.1) is 0 Å². The van der Waals surface area contributed by atoms with Gasteiger partial charge >= 0.3 is 0 Å². The highest BCUT2D eigenvalue weighted by atomic mass is 14.4. The van der Waals surface area contributed by atoms with Crippen molar-refractivity contribution in [1.82, 2.24) is 0 Å². The highest BCUT2D eigenvalue weighted by Gasteiger charge is 2.37. The fourth-order valence-corrected chi connectivity index (χ4v) is 15.2. The summed E-state index contributed by atoms with van der Waals surface area (Å²) in [5.41, 5.74) is 3.99. The zero-order valence-electron chi connectivity index (χ0n) is 34.5. The quantitative estimate of drug-likeness (QED) is 0.209. The van der Waals surface area contributed by atoms with E-state index in [-0.39, 0.29) is 0 Å². The molecule has 8 aliphatic rings. The molecule has 52 heavy (non-hydrogen) atoms. The van der Waals surface area contributed by atoms with E-state index in [0.29, 0.717) is 0 Å². The fraction of sp³-hybridized carbons (Fsp3) is 0.923. The van der Waals surface area contributed by atoms with Gasteiger partial charge in [-0.3, -0.25) is 0 Å². The SMILES string of the molecule is C(=C(C1CCCCC1)C1CCCCC1)C1CCC(C2CCC(C3CCC(C4CCC(C=C(C5CCCCC5)C5CCCCC5)CC4)CC3)CC2)CC1. The van der Waals surface area contributed by atoms with Crippen LogP contribution in [0.15, 0.2) is 23.3 Å². The maximum atomic E-state index is 2.95. The Morgan fingerprint density at radius 3 is 0.615 bits per heavy atom. The molecule has 0 aliphatic heterocycles. The van der Waals surface area contributed by atoms with Crippen LogP contribution in [0.3, 0.4) is 0 Å². The predicted octanol–water partition coefficient (Wildman–Crippen LogP) is 16.4. The van der Waals surface area contributed by atoms with E-state index < -0.39 is 0 Å². The van der Waals surface area contributed by atoms with Gasteiger partial charge < -0.3 is 0 Å². The summed E-state index contributed by atoms with van der Waals surface area (Å²) in [6, 6.07) is 0. The lowest BCUT2D eigenvalue weighted by Crippen LogP contribution is -2.31. The smallest absolute Gasteiger partial charge is 0.0200 e. The van der Waals surface area contributed by atoms with E-state index >= 15 is 0 Å². The summed E-state index contributed by atoms with van der Waals surface area (Å²) in [6.45, 7) is 0. The number of hydrogen-bond acceptors (Lipinski definition) is 0. The molecule has 0 aromatic rings. The molecule has 8 rings (SSSR count). The second kappa shape index (κ2) is 19.6. The highest BCUT2D eigenvalue weighted by Crippen LogP contribution is 2.50. The lowest BCUT2D eigenvalue weighted by molar-refractivity contribution is 0.0896. The van der Waals surface area contributed by atoms with Crippen molar-refractivity contribution in [2.45, 2.75) is 231 Å². The van der Waals surface area contributed by atoms with Crippen LogP contribution in [0.4, 0.5) is 0 Å². The lowest BCUT2D eigenvalue weighted by Gasteiger charge is -2.43. The third-order valence-corrected chi connectivity index (χ3v) is 18.4. The third-order valence-electron chi connectivity index (χ3n) is 18.4. The van der Waals surface area contributed by atoms with Crippen molar-refractivity contribution >= 4 is 0 Å². The van der Waals surface area contributed by atoms with Gasteiger partial charge in [0.2, 0.25) is 0 Å². The van der Waals surface area contributed by atoms with Gasteiger partial charge in [-0.1, -0.05) is 100 Å². The van der Waals surface area contributed by atoms with Crippen LogP contribution in [0, 0.1) is 71.0 Å². The molecule has 0 aromatic carbocycles. The molecule has 0 amide bonds. The second-order valence-electron chi connectivity index (χ2n) is 21.4. The van der Waals surface area contributed by atoms with Crippen molar-refractivity contribution in [3.05, 3.63) is 23.3 Å². The Hall–Kier alpha value is -0.520. The summed E-state index contributed by atoms with van der Waals surface area (Å²) in [5, 5.41) is 0. The minimum Gasteiger partial charge on any atom is -0.0817 e. The summed E-state index contributed by atoms with van der Waals surface area (Å²) in [4.78, 5) is 0. The lowest BCUT2D eigenvalue weighted by atomic mass is 9.63. The molecule has 0 bridgehead atoms. The van der Waals surface area contributed by atoms with E-state index in [4.69, 9.17) is 0 Å². The Kier molecular flexibility index (Phi) is 14.4. The Bertz CT molecular complexity index is 941. The topological polar surface area (TPSA) is 0 Å². The molecule has 0 spiro atoms. The maximum Gasteiger partial charge on any atom is -0.0200 e. The number of allylic oxidation sites excluding steroid dienone is 4. The first-order chi connectivity index (χ1) is 25.8. The maximum absolute atomic E-state index is 2.95. The first-order valence-electron chi connectivity index (χ1n) is 25.2. The Morgan fingerprint density at radius 2 is 0.404 bits per heavy atom. The molecule has 0 atom stereocenters. The first kappa shape index (κ1) is 38.4. The van der Waals surface area contributed by atoms with Crippen LogP contribution < -0.4 is 0 Å². The van der Waals surface area contributed by atoms with Crippen molar-refractivity contribution in [3.8, 4) is 0 Å². The first-order valence-corrected chi connectivity index (χ1v) is 25.2. The normalized spacial score (nSPS) is 38.4. The van der Waals surface area contributed by atoms with Gasteiger partial charge in [-0.15, -0.1) is 0 Å². The predicted molar refractivity (Wildman–Crippen MR) is 224 cm³/mol. The summed E-state index contributed by atoms with van der Waals surface area (Å²) in [5.74, 6) is 12.2. The third kappa shape index (κ3) is 10.1. The van der Waals surface area contributed by atoms with Crippen LogP contribution in [0.2, 0.25) is 0 Å². The van der Waals surface area contributed by atoms with Crippen molar-refractivity contribution < 1.29 is 0 Å². The van der Waals surface area contributed by atoms with Crippen molar-refractivity contribution in [2.75, 3.05) is 0 Å². The molecule has 0 aromatic heterocycles. The van der Waals surface area contributed by atoms with E-state index in [1.807, 2.05) is 11.1 Å². The molecular formula is C52H86. The zero-order chi connectivity index (χ0) is 35.0. The molecule has 8 aliphatic carbocycles. The van der Waals surface area contributed by atoms with Gasteiger partial charge in [0.15, 0.2) is 0 Å². The molecular weight excluding hydrogens is 625 g/mol. The molecule has 0 radical (unpaired) electrons. The van der Waals surface area contributed by atoms with Crippen LogP contribution in [0.25, 0.3) is 0 Å². The molecule has 8 saturated carbocycles. The standard InChI is InChI=1S/C52H86/c1-5-13-47(14-6-1)51(48-15-7-2-8-16-48)37-39-21-25-41(26-22-39)43-29-33-45(34-30-43)46-35-31-44(32-36-46)42-27-23-40(24-28-42)38-52(49-17-9-3-10-18-49)50-19-11-4-12-20-50/h37-50H,1-36H2. The summed E-state index contributed by atoms with van der Waals surface area (Å²) < 4.78 is 0. The summed E-state index contributed by atoms with van der Waals surface area (Å²) in [7, 11) is 0. The Morgan fingerprint density at radius 1 is 0.212 bits per heavy atom. The zero-order valence-corrected chi connectivity index (χ0v) is 34.5. The van der Waals surface area contributed by atoms with E-state index in [9.17, 15) is 0 Å². The van der Waals surface area contributed by atoms with E-state index in [0.717, 1.165) is 71.0 Å². The molecule has 0 saturated heterocycles. The van der Waals surface area contributed by atoms with E-state index in [2.05, 4.69) is 12.2 Å². The summed E-state index contributed by atoms with van der Waals surface area (Å²) in [6.07, 6.45) is 61.2. The van der Waals surface area contributed by atoms with E-state index in [1.54, 1.807) is 77.0 Å². The number of hydrogen-bond donors (Lipinski definition) is 0. The molecule has 8 fully saturated rings. The van der Waals surface area contributed by atoms with Gasteiger partial charge in [0.25, 0.3) is 0 Å². The Labute approximate surface area is 324 Å².